The molecule has 1 amide bonds. The van der Waals surface area contributed by atoms with Gasteiger partial charge in [-0.2, -0.15) is 8.42 Å². The third-order valence-corrected chi connectivity index (χ3v) is 8.11. The van der Waals surface area contributed by atoms with E-state index in [-0.39, 0.29) is 44.5 Å². The van der Waals surface area contributed by atoms with Crippen LogP contribution in [-0.2, 0) is 39.9 Å². The Labute approximate surface area is 250 Å². The molecule has 0 aromatic heterocycles. The first kappa shape index (κ1) is 31.8. The Morgan fingerprint density at radius 2 is 1.72 bits per heavy atom. The number of hydrogen-bond acceptors (Lipinski definition) is 8. The van der Waals surface area contributed by atoms with Crippen molar-refractivity contribution in [3.8, 4) is 11.8 Å². The first-order chi connectivity index (χ1) is 20.6. The fourth-order valence-electron chi connectivity index (χ4n) is 4.59. The maximum absolute atomic E-state index is 14.1. The molecule has 1 unspecified atom stereocenters. The number of carbonyl (C=O) groups is 2. The summed E-state index contributed by atoms with van der Waals surface area (Å²) in [5.74, 6) is 4.25. The number of carbonyl (C=O) groups excluding carboxylic acids is 2. The van der Waals surface area contributed by atoms with Crippen molar-refractivity contribution in [2.24, 2.45) is 0 Å². The number of methoxy groups -OCH3 is 1. The minimum atomic E-state index is -3.84. The number of benzene rings is 3. The quantitative estimate of drug-likeness (QED) is 0.131. The van der Waals surface area contributed by atoms with Crippen molar-refractivity contribution in [3.05, 3.63) is 99.9 Å². The summed E-state index contributed by atoms with van der Waals surface area (Å²) in [6, 6.07) is 14.6. The van der Waals surface area contributed by atoms with Gasteiger partial charge in [0.2, 0.25) is 0 Å². The third-order valence-electron chi connectivity index (χ3n) is 6.78. The van der Waals surface area contributed by atoms with Crippen LogP contribution in [0.1, 0.15) is 44.2 Å². The van der Waals surface area contributed by atoms with Crippen molar-refractivity contribution in [2.45, 2.75) is 31.3 Å². The summed E-state index contributed by atoms with van der Waals surface area (Å²) in [5.41, 5.74) is 3.51. The molecular weight excluding hydrogens is 577 g/mol. The van der Waals surface area contributed by atoms with Gasteiger partial charge >= 0.3 is 5.97 Å². The van der Waals surface area contributed by atoms with Crippen molar-refractivity contribution in [2.75, 3.05) is 40.1 Å². The largest absolute Gasteiger partial charge is 0.467 e. The topological polar surface area (TPSA) is 108 Å². The molecule has 1 aliphatic rings. The van der Waals surface area contributed by atoms with E-state index in [1.165, 1.54) is 36.3 Å². The van der Waals surface area contributed by atoms with Crippen LogP contribution in [0.4, 0.5) is 4.39 Å². The lowest BCUT2D eigenvalue weighted by atomic mass is 9.99. The molecule has 226 valence electrons. The highest BCUT2D eigenvalue weighted by Gasteiger charge is 2.39. The van der Waals surface area contributed by atoms with E-state index in [9.17, 15) is 22.4 Å². The van der Waals surface area contributed by atoms with Gasteiger partial charge in [0.05, 0.1) is 44.0 Å². The summed E-state index contributed by atoms with van der Waals surface area (Å²) in [6.45, 7) is 4.17. The van der Waals surface area contributed by atoms with Crippen molar-refractivity contribution >= 4 is 22.0 Å². The van der Waals surface area contributed by atoms with Gasteiger partial charge in [-0.15, -0.1) is 0 Å². The van der Waals surface area contributed by atoms with Crippen molar-refractivity contribution in [3.63, 3.8) is 0 Å². The molecule has 0 fully saturated rings. The number of esters is 1. The summed E-state index contributed by atoms with van der Waals surface area (Å²) in [5, 5.41) is 0. The Balaban J connectivity index is 1.28. The lowest BCUT2D eigenvalue weighted by Gasteiger charge is -2.27. The second-order valence-corrected chi connectivity index (χ2v) is 11.4. The number of fused-ring (bicyclic) bond motifs is 1. The number of aryl methyl sites for hydroxylation is 2. The maximum atomic E-state index is 14.1. The van der Waals surface area contributed by atoms with Gasteiger partial charge in [0, 0.05) is 12.1 Å². The van der Waals surface area contributed by atoms with Gasteiger partial charge in [0.25, 0.3) is 16.0 Å². The SMILES string of the molecule is COC(=O)C(c1cc(F)ccc1C)N1Cc2cccc(C#CCOCCOCCOS(=O)(=O)c3ccc(C)cc3)c2C1=O. The smallest absolute Gasteiger partial charge is 0.333 e. The molecule has 0 saturated heterocycles. The zero-order chi connectivity index (χ0) is 31.0. The zero-order valence-electron chi connectivity index (χ0n) is 24.1. The minimum Gasteiger partial charge on any atom is -0.467 e. The first-order valence-corrected chi connectivity index (χ1v) is 14.9. The molecule has 1 heterocycles. The lowest BCUT2D eigenvalue weighted by Crippen LogP contribution is -2.35. The molecule has 11 heteroatoms. The third kappa shape index (κ3) is 7.86. The Bertz CT molecular complexity index is 1640. The highest BCUT2D eigenvalue weighted by Crippen LogP contribution is 2.35. The molecule has 0 N–H and O–H groups in total. The molecule has 9 nitrogen and oxygen atoms in total. The van der Waals surface area contributed by atoms with E-state index in [2.05, 4.69) is 11.8 Å². The fourth-order valence-corrected chi connectivity index (χ4v) is 5.48. The number of ether oxygens (including phenoxy) is 3. The summed E-state index contributed by atoms with van der Waals surface area (Å²) in [4.78, 5) is 27.8. The monoisotopic (exact) mass is 609 g/mol. The normalized spacial score (nSPS) is 13.3. The van der Waals surface area contributed by atoms with Crippen LogP contribution in [0.5, 0.6) is 0 Å². The van der Waals surface area contributed by atoms with E-state index in [1.54, 1.807) is 43.3 Å². The standard InChI is InChI=1S/C32H32FNO8S/c1-22-9-13-27(14-10-22)43(37,38)42-19-18-41-17-16-40-15-5-8-24-6-4-7-25-21-34(31(35)29(24)25)30(32(36)39-3)28-20-26(33)12-11-23(28)2/h4,6-7,9-14,20,30H,15-19,21H2,1-3H3. The minimum absolute atomic E-state index is 0.0660. The van der Waals surface area contributed by atoms with Crippen molar-refractivity contribution < 1.29 is 40.8 Å². The second-order valence-electron chi connectivity index (χ2n) is 9.76. The molecular formula is C32H32FNO8S. The fraction of sp³-hybridized carbons (Fsp3) is 0.312. The summed E-state index contributed by atoms with van der Waals surface area (Å²) in [6.07, 6.45) is 0. The summed E-state index contributed by atoms with van der Waals surface area (Å²) >= 11 is 0. The predicted octanol–water partition coefficient (Wildman–Crippen LogP) is 4.10. The number of rotatable bonds is 12. The van der Waals surface area contributed by atoms with Crippen molar-refractivity contribution in [1.29, 1.82) is 0 Å². The molecule has 0 radical (unpaired) electrons. The Kier molecular flexibility index (Phi) is 10.7. The molecule has 3 aromatic carbocycles. The molecule has 3 aromatic rings. The van der Waals surface area contributed by atoms with Crippen LogP contribution in [0.3, 0.4) is 0 Å². The zero-order valence-corrected chi connectivity index (χ0v) is 24.9. The summed E-state index contributed by atoms with van der Waals surface area (Å²) in [7, 11) is -2.62. The molecule has 4 rings (SSSR count). The van der Waals surface area contributed by atoms with E-state index >= 15 is 0 Å². The first-order valence-electron chi connectivity index (χ1n) is 13.5. The molecule has 43 heavy (non-hydrogen) atoms. The Morgan fingerprint density at radius 3 is 2.47 bits per heavy atom. The number of amides is 1. The van der Waals surface area contributed by atoms with E-state index in [0.717, 1.165) is 5.56 Å². The predicted molar refractivity (Wildman–Crippen MR) is 155 cm³/mol. The average molecular weight is 610 g/mol. The van der Waals surface area contributed by atoms with Crippen molar-refractivity contribution in [1.82, 2.24) is 4.90 Å². The van der Waals surface area contributed by atoms with E-state index in [4.69, 9.17) is 18.4 Å². The van der Waals surface area contributed by atoms with Gasteiger partial charge in [-0.1, -0.05) is 47.7 Å². The molecule has 0 bridgehead atoms. The van der Waals surface area contributed by atoms with Gasteiger partial charge < -0.3 is 19.1 Å². The van der Waals surface area contributed by atoms with Crippen LogP contribution in [-0.4, -0.2) is 65.3 Å². The average Bonchev–Trinajstić information content (AvgIpc) is 3.32. The van der Waals surface area contributed by atoms with Crippen LogP contribution in [0.2, 0.25) is 0 Å². The van der Waals surface area contributed by atoms with Crippen LogP contribution in [0.15, 0.2) is 65.6 Å². The summed E-state index contributed by atoms with van der Waals surface area (Å²) < 4.78 is 59.2. The van der Waals surface area contributed by atoms with Gasteiger partial charge in [-0.25, -0.2) is 9.18 Å². The Morgan fingerprint density at radius 1 is 1.00 bits per heavy atom. The molecule has 0 aliphatic carbocycles. The molecule has 0 spiro atoms. The van der Waals surface area contributed by atoms with E-state index in [1.807, 2.05) is 6.92 Å². The number of nitrogens with zero attached hydrogens (tertiary/aromatic N) is 1. The molecule has 1 aliphatic heterocycles. The molecule has 0 saturated carbocycles. The highest BCUT2D eigenvalue weighted by molar-refractivity contribution is 7.86. The van der Waals surface area contributed by atoms with E-state index in [0.29, 0.717) is 27.8 Å². The van der Waals surface area contributed by atoms with Gasteiger partial charge in [-0.05, 0) is 60.9 Å². The van der Waals surface area contributed by atoms with Gasteiger partial charge in [0.15, 0.2) is 6.04 Å². The molecule has 1 atom stereocenters. The highest BCUT2D eigenvalue weighted by atomic mass is 32.2. The number of hydrogen-bond donors (Lipinski definition) is 0. The maximum Gasteiger partial charge on any atom is 0.333 e. The van der Waals surface area contributed by atoms with Gasteiger partial charge in [-0.3, -0.25) is 8.98 Å². The van der Waals surface area contributed by atoms with Crippen LogP contribution >= 0.6 is 0 Å². The number of halogens is 1. The Hall–Kier alpha value is -4.08. The second kappa shape index (κ2) is 14.4. The van der Waals surface area contributed by atoms with E-state index < -0.39 is 33.9 Å². The van der Waals surface area contributed by atoms with Gasteiger partial charge in [0.1, 0.15) is 12.4 Å². The van der Waals surface area contributed by atoms with Crippen LogP contribution in [0, 0.1) is 31.5 Å². The van der Waals surface area contributed by atoms with Crippen LogP contribution in [0.25, 0.3) is 0 Å². The lowest BCUT2D eigenvalue weighted by molar-refractivity contribution is -0.146. The van der Waals surface area contributed by atoms with Crippen LogP contribution < -0.4 is 0 Å².